The summed E-state index contributed by atoms with van der Waals surface area (Å²) in [5.41, 5.74) is 1.21. The van der Waals surface area contributed by atoms with Gasteiger partial charge in [-0.25, -0.2) is 4.98 Å². The maximum Gasteiger partial charge on any atom is 0.129 e. The molecule has 0 unspecified atom stereocenters. The van der Waals surface area contributed by atoms with E-state index in [1.807, 2.05) is 12.3 Å². The van der Waals surface area contributed by atoms with Gasteiger partial charge in [-0.3, -0.25) is 0 Å². The molecule has 0 aliphatic carbocycles. The van der Waals surface area contributed by atoms with E-state index in [2.05, 4.69) is 23.3 Å². The first kappa shape index (κ1) is 9.46. The lowest BCUT2D eigenvalue weighted by molar-refractivity contribution is 0.0904. The average molecular weight is 192 g/mol. The van der Waals surface area contributed by atoms with E-state index in [0.717, 1.165) is 31.9 Å². The van der Waals surface area contributed by atoms with Gasteiger partial charge in [-0.15, -0.1) is 0 Å². The van der Waals surface area contributed by atoms with Gasteiger partial charge in [0.15, 0.2) is 0 Å². The number of aromatic nitrogens is 1. The molecule has 1 aromatic heterocycles. The van der Waals surface area contributed by atoms with Crippen LogP contribution in [-0.4, -0.2) is 24.2 Å². The Kier molecular flexibility index (Phi) is 2.99. The van der Waals surface area contributed by atoms with E-state index >= 15 is 0 Å². The van der Waals surface area contributed by atoms with Gasteiger partial charge in [0, 0.05) is 25.5 Å². The van der Waals surface area contributed by atoms with Gasteiger partial charge >= 0.3 is 0 Å². The minimum atomic E-state index is 0.525. The summed E-state index contributed by atoms with van der Waals surface area (Å²) in [7, 11) is 0. The summed E-state index contributed by atoms with van der Waals surface area (Å²) < 4.78 is 5.31. The Bertz CT molecular complexity index is 295. The largest absolute Gasteiger partial charge is 0.381 e. The highest BCUT2D eigenvalue weighted by Gasteiger charge is 2.14. The van der Waals surface area contributed by atoms with Crippen molar-refractivity contribution in [1.29, 1.82) is 0 Å². The second-order valence-electron chi connectivity index (χ2n) is 3.70. The highest BCUT2D eigenvalue weighted by molar-refractivity contribution is 5.43. The first-order chi connectivity index (χ1) is 6.86. The molecule has 1 aliphatic rings. The van der Waals surface area contributed by atoms with Crippen molar-refractivity contribution in [3.63, 3.8) is 0 Å². The fourth-order valence-electron chi connectivity index (χ4n) is 1.67. The van der Waals surface area contributed by atoms with Gasteiger partial charge in [-0.2, -0.15) is 0 Å². The van der Waals surface area contributed by atoms with E-state index < -0.39 is 0 Å². The molecule has 0 radical (unpaired) electrons. The van der Waals surface area contributed by atoms with Gasteiger partial charge in [-0.1, -0.05) is 6.07 Å². The van der Waals surface area contributed by atoms with Crippen LogP contribution in [0.3, 0.4) is 0 Å². The number of hydrogen-bond acceptors (Lipinski definition) is 3. The number of anilines is 1. The minimum absolute atomic E-state index is 0.525. The van der Waals surface area contributed by atoms with Crippen molar-refractivity contribution >= 4 is 5.82 Å². The molecule has 2 rings (SSSR count). The summed E-state index contributed by atoms with van der Waals surface area (Å²) in [4.78, 5) is 4.32. The molecule has 1 fully saturated rings. The Hall–Kier alpha value is -1.09. The van der Waals surface area contributed by atoms with Crippen LogP contribution in [0.4, 0.5) is 5.82 Å². The third-order valence-corrected chi connectivity index (χ3v) is 2.57. The smallest absolute Gasteiger partial charge is 0.129 e. The SMILES string of the molecule is Cc1cccnc1NC1CCOCC1. The van der Waals surface area contributed by atoms with Crippen molar-refractivity contribution < 1.29 is 4.74 Å². The van der Waals surface area contributed by atoms with Crippen LogP contribution in [0.25, 0.3) is 0 Å². The highest BCUT2D eigenvalue weighted by Crippen LogP contribution is 2.15. The zero-order chi connectivity index (χ0) is 9.80. The molecule has 2 heterocycles. The van der Waals surface area contributed by atoms with Gasteiger partial charge in [0.2, 0.25) is 0 Å². The van der Waals surface area contributed by atoms with E-state index in [4.69, 9.17) is 4.74 Å². The number of aryl methyl sites for hydroxylation is 1. The van der Waals surface area contributed by atoms with Gasteiger partial charge in [-0.05, 0) is 31.4 Å². The Balaban J connectivity index is 1.99. The standard InChI is InChI=1S/C11H16N2O/c1-9-3-2-6-12-11(9)13-10-4-7-14-8-5-10/h2-3,6,10H,4-5,7-8H2,1H3,(H,12,13). The molecule has 76 valence electrons. The first-order valence-corrected chi connectivity index (χ1v) is 5.12. The number of hydrogen-bond donors (Lipinski definition) is 1. The van der Waals surface area contributed by atoms with Crippen LogP contribution in [0.1, 0.15) is 18.4 Å². The van der Waals surface area contributed by atoms with Gasteiger partial charge in [0.05, 0.1) is 0 Å². The predicted octanol–water partition coefficient (Wildman–Crippen LogP) is 1.98. The molecule has 0 bridgehead atoms. The maximum atomic E-state index is 5.31. The molecular weight excluding hydrogens is 176 g/mol. The predicted molar refractivity (Wildman–Crippen MR) is 56.4 cm³/mol. The average Bonchev–Trinajstić information content (AvgIpc) is 2.23. The lowest BCUT2D eigenvalue weighted by Gasteiger charge is -2.24. The van der Waals surface area contributed by atoms with Crippen LogP contribution in [0, 0.1) is 6.92 Å². The molecule has 1 aliphatic heterocycles. The monoisotopic (exact) mass is 192 g/mol. The van der Waals surface area contributed by atoms with Crippen LogP contribution < -0.4 is 5.32 Å². The minimum Gasteiger partial charge on any atom is -0.381 e. The number of rotatable bonds is 2. The quantitative estimate of drug-likeness (QED) is 0.778. The molecule has 1 saturated heterocycles. The van der Waals surface area contributed by atoms with Gasteiger partial charge < -0.3 is 10.1 Å². The fourth-order valence-corrected chi connectivity index (χ4v) is 1.67. The summed E-state index contributed by atoms with van der Waals surface area (Å²) in [6, 6.07) is 4.57. The second-order valence-corrected chi connectivity index (χ2v) is 3.70. The molecule has 3 nitrogen and oxygen atoms in total. The Morgan fingerprint density at radius 3 is 2.93 bits per heavy atom. The van der Waals surface area contributed by atoms with Crippen LogP contribution in [0.2, 0.25) is 0 Å². The molecule has 0 amide bonds. The summed E-state index contributed by atoms with van der Waals surface area (Å²) in [5, 5.41) is 3.46. The zero-order valence-electron chi connectivity index (χ0n) is 8.49. The molecular formula is C11H16N2O. The summed E-state index contributed by atoms with van der Waals surface area (Å²) in [5.74, 6) is 1.01. The number of nitrogens with zero attached hydrogens (tertiary/aromatic N) is 1. The Labute approximate surface area is 84.5 Å². The third-order valence-electron chi connectivity index (χ3n) is 2.57. The van der Waals surface area contributed by atoms with Crippen molar-refractivity contribution in [2.24, 2.45) is 0 Å². The van der Waals surface area contributed by atoms with Crippen molar-refractivity contribution in [3.8, 4) is 0 Å². The van der Waals surface area contributed by atoms with Crippen LogP contribution in [-0.2, 0) is 4.74 Å². The summed E-state index contributed by atoms with van der Waals surface area (Å²) in [6.07, 6.45) is 3.99. The fraction of sp³-hybridized carbons (Fsp3) is 0.545. The van der Waals surface area contributed by atoms with E-state index in [1.165, 1.54) is 5.56 Å². The lowest BCUT2D eigenvalue weighted by Crippen LogP contribution is -2.28. The molecule has 1 aromatic rings. The van der Waals surface area contributed by atoms with Crippen molar-refractivity contribution in [1.82, 2.24) is 4.98 Å². The van der Waals surface area contributed by atoms with Gasteiger partial charge in [0.1, 0.15) is 5.82 Å². The van der Waals surface area contributed by atoms with E-state index in [0.29, 0.717) is 6.04 Å². The first-order valence-electron chi connectivity index (χ1n) is 5.12. The number of ether oxygens (including phenoxy) is 1. The highest BCUT2D eigenvalue weighted by atomic mass is 16.5. The molecule has 14 heavy (non-hydrogen) atoms. The number of nitrogens with one attached hydrogen (secondary N) is 1. The third kappa shape index (κ3) is 2.23. The van der Waals surface area contributed by atoms with E-state index in [9.17, 15) is 0 Å². The van der Waals surface area contributed by atoms with Crippen molar-refractivity contribution in [2.45, 2.75) is 25.8 Å². The molecule has 3 heteroatoms. The topological polar surface area (TPSA) is 34.2 Å². The molecule has 0 spiro atoms. The van der Waals surface area contributed by atoms with Crippen molar-refractivity contribution in [3.05, 3.63) is 23.9 Å². The van der Waals surface area contributed by atoms with Gasteiger partial charge in [0.25, 0.3) is 0 Å². The summed E-state index contributed by atoms with van der Waals surface area (Å²) in [6.45, 7) is 3.81. The molecule has 0 atom stereocenters. The Morgan fingerprint density at radius 1 is 1.43 bits per heavy atom. The number of pyridine rings is 1. The molecule has 1 N–H and O–H groups in total. The van der Waals surface area contributed by atoms with E-state index in [-0.39, 0.29) is 0 Å². The molecule has 0 aromatic carbocycles. The lowest BCUT2D eigenvalue weighted by atomic mass is 10.1. The summed E-state index contributed by atoms with van der Waals surface area (Å²) >= 11 is 0. The van der Waals surface area contributed by atoms with Crippen LogP contribution in [0.15, 0.2) is 18.3 Å². The normalized spacial score (nSPS) is 18.1. The zero-order valence-corrected chi connectivity index (χ0v) is 8.49. The van der Waals surface area contributed by atoms with Crippen LogP contribution in [0.5, 0.6) is 0 Å². The molecule has 0 saturated carbocycles. The van der Waals surface area contributed by atoms with Crippen LogP contribution >= 0.6 is 0 Å². The Morgan fingerprint density at radius 2 is 2.21 bits per heavy atom. The van der Waals surface area contributed by atoms with E-state index in [1.54, 1.807) is 0 Å². The second kappa shape index (κ2) is 4.42. The maximum absolute atomic E-state index is 5.31. The van der Waals surface area contributed by atoms with Crippen molar-refractivity contribution in [2.75, 3.05) is 18.5 Å².